The summed E-state index contributed by atoms with van der Waals surface area (Å²) in [6.07, 6.45) is 4.28. The van der Waals surface area contributed by atoms with Gasteiger partial charge in [0.15, 0.2) is 11.4 Å². The molecular formula is C12H10ClN3O. The molecule has 86 valence electrons. The molecule has 0 aliphatic rings. The van der Waals surface area contributed by atoms with Crippen LogP contribution in [0.3, 0.4) is 0 Å². The lowest BCUT2D eigenvalue weighted by atomic mass is 10.2. The van der Waals surface area contributed by atoms with Crippen molar-refractivity contribution in [3.05, 3.63) is 41.4 Å². The van der Waals surface area contributed by atoms with E-state index in [9.17, 15) is 0 Å². The Balaban J connectivity index is 2.28. The van der Waals surface area contributed by atoms with Gasteiger partial charge in [0.1, 0.15) is 10.8 Å². The molecule has 0 unspecified atom stereocenters. The maximum atomic E-state index is 6.17. The van der Waals surface area contributed by atoms with Crippen molar-refractivity contribution < 1.29 is 4.42 Å². The Bertz CT molecular complexity index is 658. The lowest BCUT2D eigenvalue weighted by Gasteiger charge is -2.01. The first kappa shape index (κ1) is 10.4. The van der Waals surface area contributed by atoms with Crippen LogP contribution in [0.15, 0.2) is 35.1 Å². The molecule has 3 aromatic heterocycles. The van der Waals surface area contributed by atoms with Crippen molar-refractivity contribution >= 4 is 17.2 Å². The van der Waals surface area contributed by atoms with Gasteiger partial charge < -0.3 is 4.42 Å². The van der Waals surface area contributed by atoms with E-state index in [4.69, 9.17) is 16.0 Å². The monoisotopic (exact) mass is 247 g/mol. The van der Waals surface area contributed by atoms with Crippen molar-refractivity contribution in [2.45, 2.75) is 13.3 Å². The van der Waals surface area contributed by atoms with Crippen LogP contribution in [0.1, 0.15) is 12.5 Å². The second kappa shape index (κ2) is 3.89. The van der Waals surface area contributed by atoms with Crippen molar-refractivity contribution in [1.82, 2.24) is 14.6 Å². The van der Waals surface area contributed by atoms with E-state index in [0.717, 1.165) is 23.3 Å². The number of furan rings is 1. The largest absolute Gasteiger partial charge is 0.463 e. The summed E-state index contributed by atoms with van der Waals surface area (Å²) in [6, 6.07) is 5.43. The van der Waals surface area contributed by atoms with E-state index in [2.05, 4.69) is 17.0 Å². The first-order valence-corrected chi connectivity index (χ1v) is 5.74. The Kier molecular flexibility index (Phi) is 2.37. The molecule has 4 nitrogen and oxygen atoms in total. The predicted octanol–water partition coefficient (Wildman–Crippen LogP) is 3.21. The lowest BCUT2D eigenvalue weighted by Crippen LogP contribution is -1.95. The molecule has 3 heterocycles. The van der Waals surface area contributed by atoms with Crippen LogP contribution in [0.4, 0.5) is 0 Å². The van der Waals surface area contributed by atoms with Gasteiger partial charge in [-0.25, -0.2) is 9.50 Å². The van der Waals surface area contributed by atoms with Crippen molar-refractivity contribution in [3.8, 4) is 11.5 Å². The van der Waals surface area contributed by atoms with Crippen LogP contribution in [0, 0.1) is 0 Å². The molecule has 0 aromatic carbocycles. The highest BCUT2D eigenvalue weighted by Crippen LogP contribution is 2.23. The van der Waals surface area contributed by atoms with Crippen LogP contribution >= 0.6 is 11.6 Å². The van der Waals surface area contributed by atoms with E-state index < -0.39 is 0 Å². The molecule has 0 spiro atoms. The highest BCUT2D eigenvalue weighted by molar-refractivity contribution is 6.30. The number of fused-ring (bicyclic) bond motifs is 1. The minimum absolute atomic E-state index is 0.529. The molecule has 0 saturated heterocycles. The van der Waals surface area contributed by atoms with E-state index in [-0.39, 0.29) is 0 Å². The summed E-state index contributed by atoms with van der Waals surface area (Å²) in [5, 5.41) is 4.73. The zero-order valence-corrected chi connectivity index (χ0v) is 9.98. The third-order valence-corrected chi connectivity index (χ3v) is 2.93. The summed E-state index contributed by atoms with van der Waals surface area (Å²) < 4.78 is 6.95. The van der Waals surface area contributed by atoms with Crippen LogP contribution in [-0.4, -0.2) is 14.6 Å². The van der Waals surface area contributed by atoms with Gasteiger partial charge in [-0.05, 0) is 18.6 Å². The lowest BCUT2D eigenvalue weighted by molar-refractivity contribution is 0.580. The summed E-state index contributed by atoms with van der Waals surface area (Å²) >= 11 is 6.17. The third-order valence-electron chi connectivity index (χ3n) is 2.66. The Hall–Kier alpha value is -1.81. The standard InChI is InChI=1S/C12H10ClN3O/c1-2-8-7-14-16-11(13)6-9(15-12(8)16)10-4-3-5-17-10/h3-7H,2H2,1H3. The summed E-state index contributed by atoms with van der Waals surface area (Å²) in [5.74, 6) is 0.706. The maximum absolute atomic E-state index is 6.17. The van der Waals surface area contributed by atoms with Gasteiger partial charge in [-0.3, -0.25) is 0 Å². The number of halogens is 1. The van der Waals surface area contributed by atoms with Crippen LogP contribution in [0.5, 0.6) is 0 Å². The third kappa shape index (κ3) is 1.61. The SMILES string of the molecule is CCc1cnn2c(Cl)cc(-c3ccco3)nc12. The molecule has 0 aliphatic carbocycles. The maximum Gasteiger partial charge on any atom is 0.160 e. The zero-order chi connectivity index (χ0) is 11.8. The number of aryl methyl sites for hydroxylation is 1. The smallest absolute Gasteiger partial charge is 0.160 e. The zero-order valence-electron chi connectivity index (χ0n) is 9.22. The quantitative estimate of drug-likeness (QED) is 0.653. The number of aromatic nitrogens is 3. The van der Waals surface area contributed by atoms with E-state index in [0.29, 0.717) is 10.9 Å². The highest BCUT2D eigenvalue weighted by Gasteiger charge is 2.11. The average molecular weight is 248 g/mol. The summed E-state index contributed by atoms with van der Waals surface area (Å²) in [4.78, 5) is 4.53. The number of hydrogen-bond acceptors (Lipinski definition) is 3. The van der Waals surface area contributed by atoms with E-state index in [1.807, 2.05) is 12.1 Å². The molecule has 0 atom stereocenters. The molecule has 0 bridgehead atoms. The summed E-state index contributed by atoms with van der Waals surface area (Å²) in [7, 11) is 0. The van der Waals surface area contributed by atoms with Crippen molar-refractivity contribution in [3.63, 3.8) is 0 Å². The fraction of sp³-hybridized carbons (Fsp3) is 0.167. The normalized spacial score (nSPS) is 11.2. The average Bonchev–Trinajstić information content (AvgIpc) is 2.97. The van der Waals surface area contributed by atoms with Gasteiger partial charge in [0.2, 0.25) is 0 Å². The van der Waals surface area contributed by atoms with Crippen LogP contribution in [0.2, 0.25) is 5.15 Å². The minimum Gasteiger partial charge on any atom is -0.463 e. The molecule has 0 radical (unpaired) electrons. The predicted molar refractivity (Wildman–Crippen MR) is 65.1 cm³/mol. The molecule has 17 heavy (non-hydrogen) atoms. The van der Waals surface area contributed by atoms with Crippen LogP contribution < -0.4 is 0 Å². The highest BCUT2D eigenvalue weighted by atomic mass is 35.5. The molecule has 0 aliphatic heterocycles. The Morgan fingerprint density at radius 2 is 2.35 bits per heavy atom. The Morgan fingerprint density at radius 3 is 3.06 bits per heavy atom. The van der Waals surface area contributed by atoms with Gasteiger partial charge in [0, 0.05) is 11.6 Å². The number of nitrogens with zero attached hydrogens (tertiary/aromatic N) is 3. The Morgan fingerprint density at radius 1 is 1.47 bits per heavy atom. The second-order valence-corrected chi connectivity index (χ2v) is 4.09. The van der Waals surface area contributed by atoms with Gasteiger partial charge in [-0.2, -0.15) is 5.10 Å². The second-order valence-electron chi connectivity index (χ2n) is 3.70. The minimum atomic E-state index is 0.529. The molecule has 0 N–H and O–H groups in total. The topological polar surface area (TPSA) is 43.3 Å². The summed E-state index contributed by atoms with van der Waals surface area (Å²) in [6.45, 7) is 2.06. The van der Waals surface area contributed by atoms with E-state index in [1.54, 1.807) is 23.0 Å². The van der Waals surface area contributed by atoms with Crippen LogP contribution in [-0.2, 0) is 6.42 Å². The van der Waals surface area contributed by atoms with Crippen molar-refractivity contribution in [2.24, 2.45) is 0 Å². The van der Waals surface area contributed by atoms with E-state index in [1.165, 1.54) is 0 Å². The number of hydrogen-bond donors (Lipinski definition) is 0. The first-order valence-electron chi connectivity index (χ1n) is 5.36. The fourth-order valence-corrected chi connectivity index (χ4v) is 2.00. The van der Waals surface area contributed by atoms with Gasteiger partial charge in [-0.15, -0.1) is 0 Å². The summed E-state index contributed by atoms with van der Waals surface area (Å²) in [5.41, 5.74) is 2.58. The van der Waals surface area contributed by atoms with Crippen LogP contribution in [0.25, 0.3) is 17.1 Å². The molecule has 3 rings (SSSR count). The molecule has 5 heteroatoms. The van der Waals surface area contributed by atoms with Crippen molar-refractivity contribution in [1.29, 1.82) is 0 Å². The number of rotatable bonds is 2. The Labute approximate surface area is 103 Å². The molecule has 0 fully saturated rings. The van der Waals surface area contributed by atoms with Gasteiger partial charge >= 0.3 is 0 Å². The molecular weight excluding hydrogens is 238 g/mol. The van der Waals surface area contributed by atoms with Crippen molar-refractivity contribution in [2.75, 3.05) is 0 Å². The first-order chi connectivity index (χ1) is 8.29. The van der Waals surface area contributed by atoms with Gasteiger partial charge in [0.05, 0.1) is 12.5 Å². The van der Waals surface area contributed by atoms with Gasteiger partial charge in [-0.1, -0.05) is 18.5 Å². The molecule has 0 saturated carbocycles. The van der Waals surface area contributed by atoms with E-state index >= 15 is 0 Å². The molecule has 3 aromatic rings. The molecule has 0 amide bonds. The van der Waals surface area contributed by atoms with Gasteiger partial charge in [0.25, 0.3) is 0 Å². The fourth-order valence-electron chi connectivity index (χ4n) is 1.77.